The van der Waals surface area contributed by atoms with Crippen LogP contribution in [-0.2, 0) is 11.3 Å². The molecule has 0 spiro atoms. The van der Waals surface area contributed by atoms with E-state index >= 15 is 0 Å². The fourth-order valence-corrected chi connectivity index (χ4v) is 3.75. The molecule has 136 valence electrons. The molecule has 0 fully saturated rings. The van der Waals surface area contributed by atoms with E-state index in [1.54, 1.807) is 23.3 Å². The van der Waals surface area contributed by atoms with E-state index in [4.69, 9.17) is 4.74 Å². The van der Waals surface area contributed by atoms with Crippen LogP contribution in [0, 0.1) is 0 Å². The van der Waals surface area contributed by atoms with Crippen LogP contribution in [0.4, 0.5) is 10.5 Å². The van der Waals surface area contributed by atoms with E-state index in [1.807, 2.05) is 45.0 Å². The van der Waals surface area contributed by atoms with Gasteiger partial charge in [-0.3, -0.25) is 0 Å². The second-order valence-corrected chi connectivity index (χ2v) is 9.50. The van der Waals surface area contributed by atoms with Gasteiger partial charge in [0.1, 0.15) is 5.60 Å². The number of thiophene rings is 1. The molecule has 1 unspecified atom stereocenters. The molecule has 1 N–H and O–H groups in total. The lowest BCUT2D eigenvalue weighted by Gasteiger charge is -2.25. The molecule has 1 atom stereocenters. The van der Waals surface area contributed by atoms with Crippen LogP contribution in [0.5, 0.6) is 0 Å². The van der Waals surface area contributed by atoms with Crippen molar-refractivity contribution in [2.45, 2.75) is 45.9 Å². The fourth-order valence-electron chi connectivity index (χ4n) is 2.32. The SMILES string of the molecule is CC(Nc1ccccc1CN(C)C(=O)OC(C)(C)C)c1ccc(Br)s1. The summed E-state index contributed by atoms with van der Waals surface area (Å²) in [4.78, 5) is 15.0. The highest BCUT2D eigenvalue weighted by Gasteiger charge is 2.20. The number of hydrogen-bond acceptors (Lipinski definition) is 4. The zero-order valence-electron chi connectivity index (χ0n) is 15.3. The molecule has 2 aromatic rings. The quantitative estimate of drug-likeness (QED) is 0.634. The average Bonchev–Trinajstić information content (AvgIpc) is 2.94. The van der Waals surface area contributed by atoms with Gasteiger partial charge in [-0.1, -0.05) is 18.2 Å². The van der Waals surface area contributed by atoms with Crippen molar-refractivity contribution in [1.82, 2.24) is 4.90 Å². The van der Waals surface area contributed by atoms with E-state index < -0.39 is 5.60 Å². The molecule has 2 rings (SSSR count). The third-order valence-electron chi connectivity index (χ3n) is 3.52. The first-order valence-corrected chi connectivity index (χ1v) is 9.80. The maximum absolute atomic E-state index is 12.2. The minimum atomic E-state index is -0.496. The minimum absolute atomic E-state index is 0.185. The number of anilines is 1. The number of rotatable bonds is 5. The molecule has 0 saturated heterocycles. The molecule has 1 aromatic heterocycles. The molecule has 0 aliphatic heterocycles. The molecular formula is C19H25BrN2O2S. The lowest BCUT2D eigenvalue weighted by molar-refractivity contribution is 0.0285. The summed E-state index contributed by atoms with van der Waals surface area (Å²) in [5.74, 6) is 0. The molecule has 0 radical (unpaired) electrons. The molecule has 25 heavy (non-hydrogen) atoms. The maximum Gasteiger partial charge on any atom is 0.410 e. The van der Waals surface area contributed by atoms with Gasteiger partial charge in [-0.05, 0) is 67.4 Å². The number of amides is 1. The van der Waals surface area contributed by atoms with E-state index in [0.717, 1.165) is 15.0 Å². The average molecular weight is 425 g/mol. The van der Waals surface area contributed by atoms with Gasteiger partial charge in [-0.25, -0.2) is 4.79 Å². The second-order valence-electron chi connectivity index (χ2n) is 7.00. The number of carbonyl (C=O) groups is 1. The number of halogens is 1. The van der Waals surface area contributed by atoms with Crippen LogP contribution in [0.25, 0.3) is 0 Å². The lowest BCUT2D eigenvalue weighted by atomic mass is 10.1. The molecule has 4 nitrogen and oxygen atoms in total. The molecule has 1 amide bonds. The maximum atomic E-state index is 12.2. The van der Waals surface area contributed by atoms with Crippen LogP contribution in [0.3, 0.4) is 0 Å². The first-order chi connectivity index (χ1) is 11.7. The van der Waals surface area contributed by atoms with Crippen LogP contribution in [0.15, 0.2) is 40.2 Å². The second kappa shape index (κ2) is 8.23. The number of ether oxygens (including phenoxy) is 1. The summed E-state index contributed by atoms with van der Waals surface area (Å²) in [6, 6.07) is 12.4. The van der Waals surface area contributed by atoms with Crippen LogP contribution >= 0.6 is 27.3 Å². The Balaban J connectivity index is 2.08. The number of benzene rings is 1. The third kappa shape index (κ3) is 6.04. The number of nitrogens with one attached hydrogen (secondary N) is 1. The topological polar surface area (TPSA) is 41.6 Å². The van der Waals surface area contributed by atoms with Gasteiger partial charge in [0.2, 0.25) is 0 Å². The van der Waals surface area contributed by atoms with E-state index in [0.29, 0.717) is 6.54 Å². The van der Waals surface area contributed by atoms with Crippen LogP contribution < -0.4 is 5.32 Å². The van der Waals surface area contributed by atoms with E-state index in [9.17, 15) is 4.79 Å². The Morgan fingerprint density at radius 3 is 2.56 bits per heavy atom. The van der Waals surface area contributed by atoms with E-state index in [-0.39, 0.29) is 12.1 Å². The van der Waals surface area contributed by atoms with Gasteiger partial charge >= 0.3 is 6.09 Å². The molecular weight excluding hydrogens is 400 g/mol. The standard InChI is InChI=1S/C19H25BrN2O2S/c1-13(16-10-11-17(20)25-16)21-15-9-7-6-8-14(15)12-22(5)18(23)24-19(2,3)4/h6-11,13,21H,12H2,1-5H3. The molecule has 0 saturated carbocycles. The summed E-state index contributed by atoms with van der Waals surface area (Å²) in [5, 5.41) is 3.54. The summed E-state index contributed by atoms with van der Waals surface area (Å²) in [5.41, 5.74) is 1.58. The molecule has 0 aliphatic carbocycles. The van der Waals surface area contributed by atoms with Crippen molar-refractivity contribution in [2.75, 3.05) is 12.4 Å². The summed E-state index contributed by atoms with van der Waals surface area (Å²) < 4.78 is 6.55. The lowest BCUT2D eigenvalue weighted by Crippen LogP contribution is -2.34. The number of hydrogen-bond donors (Lipinski definition) is 1. The Kier molecular flexibility index (Phi) is 6.52. The normalized spacial score (nSPS) is 12.6. The van der Waals surface area contributed by atoms with E-state index in [2.05, 4.69) is 40.3 Å². The third-order valence-corrected chi connectivity index (χ3v) is 5.33. The summed E-state index contributed by atoms with van der Waals surface area (Å²) >= 11 is 5.22. The molecule has 1 aromatic carbocycles. The highest BCUT2D eigenvalue weighted by Crippen LogP contribution is 2.30. The monoisotopic (exact) mass is 424 g/mol. The molecule has 6 heteroatoms. The molecule has 0 aliphatic rings. The van der Waals surface area contributed by atoms with E-state index in [1.165, 1.54) is 4.88 Å². The predicted molar refractivity (Wildman–Crippen MR) is 108 cm³/mol. The molecule has 0 bridgehead atoms. The van der Waals surface area contributed by atoms with Gasteiger partial charge < -0.3 is 15.0 Å². The Labute approximate surface area is 162 Å². The van der Waals surface area contributed by atoms with Crippen molar-refractivity contribution >= 4 is 39.0 Å². The highest BCUT2D eigenvalue weighted by molar-refractivity contribution is 9.11. The summed E-state index contributed by atoms with van der Waals surface area (Å²) in [6.45, 7) is 8.23. The van der Waals surface area contributed by atoms with Gasteiger partial charge in [0.15, 0.2) is 0 Å². The molecule has 1 heterocycles. The van der Waals surface area contributed by atoms with Crippen LogP contribution in [-0.4, -0.2) is 23.6 Å². The summed E-state index contributed by atoms with van der Waals surface area (Å²) in [7, 11) is 1.75. The fraction of sp³-hybridized carbons (Fsp3) is 0.421. The highest BCUT2D eigenvalue weighted by atomic mass is 79.9. The number of carbonyl (C=O) groups excluding carboxylic acids is 1. The van der Waals surface area contributed by atoms with Crippen molar-refractivity contribution in [3.63, 3.8) is 0 Å². The van der Waals surface area contributed by atoms with Crippen molar-refractivity contribution in [1.29, 1.82) is 0 Å². The number of nitrogens with zero attached hydrogens (tertiary/aromatic N) is 1. The minimum Gasteiger partial charge on any atom is -0.444 e. The smallest absolute Gasteiger partial charge is 0.410 e. The Bertz CT molecular complexity index is 724. The van der Waals surface area contributed by atoms with Gasteiger partial charge in [-0.15, -0.1) is 11.3 Å². The van der Waals surface area contributed by atoms with Crippen LogP contribution in [0.2, 0.25) is 0 Å². The Morgan fingerprint density at radius 2 is 1.96 bits per heavy atom. The van der Waals surface area contributed by atoms with Crippen molar-refractivity contribution < 1.29 is 9.53 Å². The number of para-hydroxylation sites is 1. The van der Waals surface area contributed by atoms with Crippen molar-refractivity contribution in [3.05, 3.63) is 50.6 Å². The largest absolute Gasteiger partial charge is 0.444 e. The van der Waals surface area contributed by atoms with Gasteiger partial charge in [0, 0.05) is 17.6 Å². The first kappa shape index (κ1) is 19.8. The van der Waals surface area contributed by atoms with Crippen LogP contribution in [0.1, 0.15) is 44.2 Å². The predicted octanol–water partition coefficient (Wildman–Crippen LogP) is 6.05. The Morgan fingerprint density at radius 1 is 1.28 bits per heavy atom. The van der Waals surface area contributed by atoms with Crippen molar-refractivity contribution in [2.24, 2.45) is 0 Å². The Hall–Kier alpha value is -1.53. The van der Waals surface area contributed by atoms with Crippen molar-refractivity contribution in [3.8, 4) is 0 Å². The van der Waals surface area contributed by atoms with Gasteiger partial charge in [0.25, 0.3) is 0 Å². The zero-order valence-corrected chi connectivity index (χ0v) is 17.7. The van der Waals surface area contributed by atoms with Gasteiger partial charge in [-0.2, -0.15) is 0 Å². The first-order valence-electron chi connectivity index (χ1n) is 8.19. The zero-order chi connectivity index (χ0) is 18.6. The summed E-state index contributed by atoms with van der Waals surface area (Å²) in [6.07, 6.45) is -0.322. The van der Waals surface area contributed by atoms with Gasteiger partial charge in [0.05, 0.1) is 16.4 Å².